The molecule has 3 unspecified atom stereocenters. The topological polar surface area (TPSA) is 12.0 Å². The molecule has 2 fully saturated rings. The van der Waals surface area contributed by atoms with Crippen LogP contribution in [0.3, 0.4) is 0 Å². The molecule has 1 N–H and O–H groups in total. The maximum absolute atomic E-state index is 3.69. The van der Waals surface area contributed by atoms with E-state index in [1.54, 1.807) is 0 Å². The third-order valence-electron chi connectivity index (χ3n) is 4.86. The molecule has 1 nitrogen and oxygen atoms in total. The van der Waals surface area contributed by atoms with Gasteiger partial charge in [0.2, 0.25) is 0 Å². The van der Waals surface area contributed by atoms with E-state index in [4.69, 9.17) is 0 Å². The highest BCUT2D eigenvalue weighted by atomic mass is 79.9. The summed E-state index contributed by atoms with van der Waals surface area (Å²) in [5.41, 5.74) is 3.97. The van der Waals surface area contributed by atoms with Gasteiger partial charge in [-0.05, 0) is 84.0 Å². The number of halogens is 1. The Labute approximate surface area is 118 Å². The standard InChI is InChI=1S/C16H22BrN/c1-10-5-11(2)16(15(17)6-10)18-9-14-8-12-3-4-13(14)7-12/h5-6,12-14,18H,3-4,7-9H2,1-2H3. The van der Waals surface area contributed by atoms with Crippen LogP contribution in [0.4, 0.5) is 5.69 Å². The first-order valence-corrected chi connectivity index (χ1v) is 7.93. The van der Waals surface area contributed by atoms with Crippen molar-refractivity contribution >= 4 is 21.6 Å². The highest BCUT2D eigenvalue weighted by Gasteiger charge is 2.39. The quantitative estimate of drug-likeness (QED) is 0.836. The van der Waals surface area contributed by atoms with Gasteiger partial charge >= 0.3 is 0 Å². The summed E-state index contributed by atoms with van der Waals surface area (Å²) in [6.45, 7) is 5.50. The van der Waals surface area contributed by atoms with Crippen LogP contribution in [0.1, 0.15) is 36.8 Å². The average molecular weight is 308 g/mol. The number of nitrogens with one attached hydrogen (secondary N) is 1. The van der Waals surface area contributed by atoms with E-state index in [0.29, 0.717) is 0 Å². The van der Waals surface area contributed by atoms with E-state index in [1.165, 1.54) is 47.0 Å². The number of anilines is 1. The molecular formula is C16H22BrN. The van der Waals surface area contributed by atoms with Gasteiger partial charge in [0.1, 0.15) is 0 Å². The summed E-state index contributed by atoms with van der Waals surface area (Å²) in [6.07, 6.45) is 5.93. The first-order valence-electron chi connectivity index (χ1n) is 7.14. The normalized spacial score (nSPS) is 29.8. The molecular weight excluding hydrogens is 286 g/mol. The fourth-order valence-corrected chi connectivity index (χ4v) is 4.81. The number of fused-ring (bicyclic) bond motifs is 2. The van der Waals surface area contributed by atoms with E-state index < -0.39 is 0 Å². The van der Waals surface area contributed by atoms with Gasteiger partial charge in [0.15, 0.2) is 0 Å². The molecule has 18 heavy (non-hydrogen) atoms. The molecule has 0 saturated heterocycles. The third kappa shape index (κ3) is 2.32. The van der Waals surface area contributed by atoms with Crippen LogP contribution in [-0.2, 0) is 0 Å². The van der Waals surface area contributed by atoms with E-state index in [0.717, 1.165) is 24.3 Å². The van der Waals surface area contributed by atoms with Gasteiger partial charge in [0, 0.05) is 11.0 Å². The molecule has 0 aliphatic heterocycles. The highest BCUT2D eigenvalue weighted by Crippen LogP contribution is 2.48. The zero-order valence-corrected chi connectivity index (χ0v) is 12.9. The molecule has 0 amide bonds. The van der Waals surface area contributed by atoms with Crippen molar-refractivity contribution in [3.63, 3.8) is 0 Å². The van der Waals surface area contributed by atoms with Crippen molar-refractivity contribution in [2.24, 2.45) is 17.8 Å². The van der Waals surface area contributed by atoms with Gasteiger partial charge in [-0.15, -0.1) is 0 Å². The number of hydrogen-bond acceptors (Lipinski definition) is 1. The Balaban J connectivity index is 1.67. The van der Waals surface area contributed by atoms with Crippen LogP contribution in [0.5, 0.6) is 0 Å². The molecule has 2 aliphatic rings. The summed E-state index contributed by atoms with van der Waals surface area (Å²) in [5.74, 6) is 2.97. The Hall–Kier alpha value is -0.500. The monoisotopic (exact) mass is 307 g/mol. The van der Waals surface area contributed by atoms with E-state index >= 15 is 0 Å². The lowest BCUT2D eigenvalue weighted by Gasteiger charge is -2.23. The number of hydrogen-bond donors (Lipinski definition) is 1. The molecule has 3 atom stereocenters. The summed E-state index contributed by atoms with van der Waals surface area (Å²) in [7, 11) is 0. The molecule has 0 aromatic heterocycles. The van der Waals surface area contributed by atoms with E-state index in [2.05, 4.69) is 47.2 Å². The molecule has 2 bridgehead atoms. The largest absolute Gasteiger partial charge is 0.384 e. The molecule has 2 saturated carbocycles. The number of aryl methyl sites for hydroxylation is 2. The second-order valence-corrected chi connectivity index (χ2v) is 7.11. The SMILES string of the molecule is Cc1cc(C)c(NCC2CC3CCC2C3)c(Br)c1. The molecule has 3 rings (SSSR count). The number of rotatable bonds is 3. The van der Waals surface area contributed by atoms with Crippen LogP contribution in [0.15, 0.2) is 16.6 Å². The molecule has 2 heteroatoms. The van der Waals surface area contributed by atoms with Gasteiger partial charge in [0.25, 0.3) is 0 Å². The van der Waals surface area contributed by atoms with Crippen LogP contribution >= 0.6 is 15.9 Å². The Morgan fingerprint density at radius 2 is 2.06 bits per heavy atom. The fourth-order valence-electron chi connectivity index (χ4n) is 4.00. The minimum Gasteiger partial charge on any atom is -0.384 e. The van der Waals surface area contributed by atoms with Gasteiger partial charge in [-0.1, -0.05) is 12.5 Å². The van der Waals surface area contributed by atoms with E-state index in [9.17, 15) is 0 Å². The molecule has 0 heterocycles. The van der Waals surface area contributed by atoms with E-state index in [-0.39, 0.29) is 0 Å². The van der Waals surface area contributed by atoms with Gasteiger partial charge in [-0.3, -0.25) is 0 Å². The van der Waals surface area contributed by atoms with Crippen LogP contribution in [-0.4, -0.2) is 6.54 Å². The molecule has 1 aromatic rings. The van der Waals surface area contributed by atoms with Crippen LogP contribution in [0, 0.1) is 31.6 Å². The summed E-state index contributed by atoms with van der Waals surface area (Å²) in [5, 5.41) is 3.69. The Morgan fingerprint density at radius 1 is 1.22 bits per heavy atom. The van der Waals surface area contributed by atoms with Gasteiger partial charge in [-0.25, -0.2) is 0 Å². The first-order chi connectivity index (χ1) is 8.63. The van der Waals surface area contributed by atoms with Crippen molar-refractivity contribution in [1.29, 1.82) is 0 Å². The van der Waals surface area contributed by atoms with Crippen molar-refractivity contribution in [3.8, 4) is 0 Å². The molecule has 0 spiro atoms. The Bertz CT molecular complexity index is 431. The fraction of sp³-hybridized carbons (Fsp3) is 0.625. The van der Waals surface area contributed by atoms with Crippen LogP contribution < -0.4 is 5.32 Å². The molecule has 98 valence electrons. The van der Waals surface area contributed by atoms with Crippen molar-refractivity contribution in [2.45, 2.75) is 39.5 Å². The summed E-state index contributed by atoms with van der Waals surface area (Å²) >= 11 is 3.69. The van der Waals surface area contributed by atoms with Gasteiger partial charge in [-0.2, -0.15) is 0 Å². The predicted molar refractivity (Wildman–Crippen MR) is 81.0 cm³/mol. The minimum atomic E-state index is 0.913. The third-order valence-corrected chi connectivity index (χ3v) is 5.48. The average Bonchev–Trinajstić information content (AvgIpc) is 2.89. The second-order valence-electron chi connectivity index (χ2n) is 6.25. The molecule has 1 aromatic carbocycles. The smallest absolute Gasteiger partial charge is 0.0514 e. The van der Waals surface area contributed by atoms with Crippen molar-refractivity contribution in [3.05, 3.63) is 27.7 Å². The lowest BCUT2D eigenvalue weighted by atomic mass is 9.89. The maximum Gasteiger partial charge on any atom is 0.0514 e. The molecule has 2 aliphatic carbocycles. The summed E-state index contributed by atoms with van der Waals surface area (Å²) < 4.78 is 1.21. The minimum absolute atomic E-state index is 0.913. The van der Waals surface area contributed by atoms with Crippen LogP contribution in [0.25, 0.3) is 0 Å². The van der Waals surface area contributed by atoms with Gasteiger partial charge in [0.05, 0.1) is 5.69 Å². The Morgan fingerprint density at radius 3 is 2.67 bits per heavy atom. The highest BCUT2D eigenvalue weighted by molar-refractivity contribution is 9.10. The summed E-state index contributed by atoms with van der Waals surface area (Å²) in [4.78, 5) is 0. The first kappa shape index (κ1) is 12.5. The Kier molecular flexibility index (Phi) is 3.40. The zero-order valence-electron chi connectivity index (χ0n) is 11.3. The van der Waals surface area contributed by atoms with Gasteiger partial charge < -0.3 is 5.32 Å². The second kappa shape index (κ2) is 4.88. The van der Waals surface area contributed by atoms with E-state index in [1.807, 2.05) is 0 Å². The lowest BCUT2D eigenvalue weighted by molar-refractivity contribution is 0.348. The summed E-state index contributed by atoms with van der Waals surface area (Å²) in [6, 6.07) is 4.46. The van der Waals surface area contributed by atoms with Crippen molar-refractivity contribution in [2.75, 3.05) is 11.9 Å². The van der Waals surface area contributed by atoms with Crippen molar-refractivity contribution in [1.82, 2.24) is 0 Å². The number of benzene rings is 1. The predicted octanol–water partition coefficient (Wildman–Crippen LogP) is 4.91. The van der Waals surface area contributed by atoms with Crippen molar-refractivity contribution < 1.29 is 0 Å². The zero-order chi connectivity index (χ0) is 12.7. The molecule has 0 radical (unpaired) electrons. The lowest BCUT2D eigenvalue weighted by Crippen LogP contribution is -2.20. The van der Waals surface area contributed by atoms with Crippen LogP contribution in [0.2, 0.25) is 0 Å². The maximum atomic E-state index is 3.69.